The van der Waals surface area contributed by atoms with Crippen LogP contribution in [0.15, 0.2) is 36.7 Å². The summed E-state index contributed by atoms with van der Waals surface area (Å²) >= 11 is 0. The SMILES string of the molecule is CN1CCN(Cc2ccc(OC3CCN(c4ncc(F)cn4)CC3)cc2)CC1. The standard InChI is InChI=1S/C21H28FN5O/c1-25-10-12-26(13-11-25)16-17-2-4-19(5-3-17)28-20-6-8-27(9-7-20)21-23-14-18(22)15-24-21/h2-5,14-15,20H,6-13,16H2,1H3. The lowest BCUT2D eigenvalue weighted by molar-refractivity contribution is 0.148. The Morgan fingerprint density at radius 3 is 2.25 bits per heavy atom. The highest BCUT2D eigenvalue weighted by molar-refractivity contribution is 5.30. The summed E-state index contributed by atoms with van der Waals surface area (Å²) in [4.78, 5) is 15.1. The first-order valence-electron chi connectivity index (χ1n) is 10.0. The fraction of sp³-hybridized carbons (Fsp3) is 0.524. The number of hydrogen-bond acceptors (Lipinski definition) is 6. The Kier molecular flexibility index (Phi) is 6.02. The van der Waals surface area contributed by atoms with E-state index in [1.54, 1.807) is 0 Å². The summed E-state index contributed by atoms with van der Waals surface area (Å²) in [5, 5.41) is 0. The van der Waals surface area contributed by atoms with Crippen molar-refractivity contribution < 1.29 is 9.13 Å². The number of likely N-dealkylation sites (N-methyl/N-ethyl adjacent to an activating group) is 1. The van der Waals surface area contributed by atoms with Gasteiger partial charge in [-0.05, 0) is 24.7 Å². The van der Waals surface area contributed by atoms with E-state index >= 15 is 0 Å². The lowest BCUT2D eigenvalue weighted by Crippen LogP contribution is -2.43. The van der Waals surface area contributed by atoms with Crippen molar-refractivity contribution in [2.75, 3.05) is 51.2 Å². The number of ether oxygens (including phenoxy) is 1. The molecule has 0 N–H and O–H groups in total. The first kappa shape index (κ1) is 19.1. The molecule has 0 saturated carbocycles. The largest absolute Gasteiger partial charge is 0.490 e. The Hall–Kier alpha value is -2.25. The zero-order chi connectivity index (χ0) is 19.3. The van der Waals surface area contributed by atoms with Crippen molar-refractivity contribution >= 4 is 5.95 Å². The van der Waals surface area contributed by atoms with E-state index in [9.17, 15) is 4.39 Å². The number of benzene rings is 1. The molecule has 0 amide bonds. The Balaban J connectivity index is 1.24. The second kappa shape index (κ2) is 8.84. The quantitative estimate of drug-likeness (QED) is 0.788. The molecule has 1 aromatic carbocycles. The number of halogens is 1. The first-order valence-corrected chi connectivity index (χ1v) is 10.0. The van der Waals surface area contributed by atoms with Crippen LogP contribution in [0.25, 0.3) is 0 Å². The van der Waals surface area contributed by atoms with Gasteiger partial charge in [0.2, 0.25) is 5.95 Å². The van der Waals surface area contributed by atoms with Gasteiger partial charge in [0.15, 0.2) is 5.82 Å². The number of piperazine rings is 1. The van der Waals surface area contributed by atoms with Gasteiger partial charge >= 0.3 is 0 Å². The maximum Gasteiger partial charge on any atom is 0.225 e. The van der Waals surface area contributed by atoms with Crippen LogP contribution in [-0.4, -0.2) is 72.2 Å². The van der Waals surface area contributed by atoms with Crippen LogP contribution in [-0.2, 0) is 6.54 Å². The third-order valence-electron chi connectivity index (χ3n) is 5.56. The molecular formula is C21H28FN5O. The van der Waals surface area contributed by atoms with Crippen LogP contribution in [0.5, 0.6) is 5.75 Å². The van der Waals surface area contributed by atoms with Crippen molar-refractivity contribution in [2.24, 2.45) is 0 Å². The molecule has 2 aliphatic heterocycles. The smallest absolute Gasteiger partial charge is 0.225 e. The number of aromatic nitrogens is 2. The van der Waals surface area contributed by atoms with Gasteiger partial charge in [-0.2, -0.15) is 0 Å². The van der Waals surface area contributed by atoms with Crippen molar-refractivity contribution in [1.29, 1.82) is 0 Å². The maximum atomic E-state index is 13.0. The van der Waals surface area contributed by atoms with Crippen LogP contribution >= 0.6 is 0 Å². The second-order valence-corrected chi connectivity index (χ2v) is 7.73. The summed E-state index contributed by atoms with van der Waals surface area (Å²) in [7, 11) is 2.18. The van der Waals surface area contributed by atoms with E-state index in [0.717, 1.165) is 64.4 Å². The van der Waals surface area contributed by atoms with Gasteiger partial charge in [0.1, 0.15) is 11.9 Å². The number of nitrogens with zero attached hydrogens (tertiary/aromatic N) is 5. The van der Waals surface area contributed by atoms with Crippen molar-refractivity contribution in [3.63, 3.8) is 0 Å². The van der Waals surface area contributed by atoms with E-state index in [-0.39, 0.29) is 6.10 Å². The molecule has 1 aromatic heterocycles. The number of piperidine rings is 1. The van der Waals surface area contributed by atoms with Crippen LogP contribution in [0.2, 0.25) is 0 Å². The van der Waals surface area contributed by atoms with Gasteiger partial charge in [-0.25, -0.2) is 14.4 Å². The predicted octanol–water partition coefficient (Wildman–Crippen LogP) is 2.41. The molecule has 0 aliphatic carbocycles. The molecule has 2 aliphatic rings. The first-order chi connectivity index (χ1) is 13.7. The fourth-order valence-corrected chi connectivity index (χ4v) is 3.77. The fourth-order valence-electron chi connectivity index (χ4n) is 3.77. The van der Waals surface area contributed by atoms with Crippen molar-refractivity contribution in [2.45, 2.75) is 25.5 Å². The van der Waals surface area contributed by atoms with Gasteiger partial charge < -0.3 is 14.5 Å². The zero-order valence-electron chi connectivity index (χ0n) is 16.4. The lowest BCUT2D eigenvalue weighted by Gasteiger charge is -2.32. The van der Waals surface area contributed by atoms with Crippen LogP contribution in [0.1, 0.15) is 18.4 Å². The molecule has 2 fully saturated rings. The number of anilines is 1. The molecule has 2 aromatic rings. The average molecular weight is 385 g/mol. The van der Waals surface area contributed by atoms with Gasteiger partial charge in [-0.1, -0.05) is 12.1 Å². The topological polar surface area (TPSA) is 44.7 Å². The van der Waals surface area contributed by atoms with E-state index < -0.39 is 5.82 Å². The highest BCUT2D eigenvalue weighted by atomic mass is 19.1. The van der Waals surface area contributed by atoms with Gasteiger partial charge in [0.25, 0.3) is 0 Å². The Labute approximate surface area is 165 Å². The van der Waals surface area contributed by atoms with Crippen LogP contribution in [0.4, 0.5) is 10.3 Å². The summed E-state index contributed by atoms with van der Waals surface area (Å²) in [6.07, 6.45) is 4.44. The minimum absolute atomic E-state index is 0.195. The third kappa shape index (κ3) is 4.97. The summed E-state index contributed by atoms with van der Waals surface area (Å²) in [6.45, 7) is 7.18. The van der Waals surface area contributed by atoms with E-state index in [0.29, 0.717) is 5.95 Å². The molecule has 150 valence electrons. The maximum absolute atomic E-state index is 13.0. The lowest BCUT2D eigenvalue weighted by atomic mass is 10.1. The molecule has 0 radical (unpaired) electrons. The molecule has 6 nitrogen and oxygen atoms in total. The number of hydrogen-bond donors (Lipinski definition) is 0. The van der Waals surface area contributed by atoms with Crippen LogP contribution < -0.4 is 9.64 Å². The summed E-state index contributed by atoms with van der Waals surface area (Å²) in [5.74, 6) is 1.12. The molecular weight excluding hydrogens is 357 g/mol. The number of rotatable bonds is 5. The minimum Gasteiger partial charge on any atom is -0.490 e. The molecule has 0 unspecified atom stereocenters. The summed E-state index contributed by atoms with van der Waals surface area (Å²) in [5.41, 5.74) is 1.33. The van der Waals surface area contributed by atoms with Gasteiger partial charge in [0, 0.05) is 58.7 Å². The summed E-state index contributed by atoms with van der Waals surface area (Å²) < 4.78 is 19.1. The van der Waals surface area contributed by atoms with E-state index in [2.05, 4.69) is 56.0 Å². The van der Waals surface area contributed by atoms with E-state index in [1.807, 2.05) is 0 Å². The second-order valence-electron chi connectivity index (χ2n) is 7.73. The predicted molar refractivity (Wildman–Crippen MR) is 107 cm³/mol. The normalized spacial score (nSPS) is 19.7. The molecule has 7 heteroatoms. The van der Waals surface area contributed by atoms with Crippen molar-refractivity contribution in [1.82, 2.24) is 19.8 Å². The van der Waals surface area contributed by atoms with Gasteiger partial charge in [0.05, 0.1) is 12.4 Å². The highest BCUT2D eigenvalue weighted by Crippen LogP contribution is 2.22. The van der Waals surface area contributed by atoms with Gasteiger partial charge in [-0.3, -0.25) is 4.90 Å². The Morgan fingerprint density at radius 1 is 0.964 bits per heavy atom. The molecule has 2 saturated heterocycles. The van der Waals surface area contributed by atoms with Crippen molar-refractivity contribution in [3.8, 4) is 5.75 Å². The van der Waals surface area contributed by atoms with E-state index in [1.165, 1.54) is 18.0 Å². The average Bonchev–Trinajstić information content (AvgIpc) is 2.72. The molecule has 4 rings (SSSR count). The molecule has 0 atom stereocenters. The molecule has 28 heavy (non-hydrogen) atoms. The molecule has 3 heterocycles. The zero-order valence-corrected chi connectivity index (χ0v) is 16.4. The van der Waals surface area contributed by atoms with Crippen LogP contribution in [0.3, 0.4) is 0 Å². The summed E-state index contributed by atoms with van der Waals surface area (Å²) in [6, 6.07) is 8.52. The monoisotopic (exact) mass is 385 g/mol. The molecule has 0 spiro atoms. The van der Waals surface area contributed by atoms with Crippen LogP contribution in [0, 0.1) is 5.82 Å². The highest BCUT2D eigenvalue weighted by Gasteiger charge is 2.22. The van der Waals surface area contributed by atoms with E-state index in [4.69, 9.17) is 4.74 Å². The Bertz CT molecular complexity index is 738. The molecule has 0 bridgehead atoms. The van der Waals surface area contributed by atoms with Crippen molar-refractivity contribution in [3.05, 3.63) is 48.0 Å². The minimum atomic E-state index is -0.405. The van der Waals surface area contributed by atoms with Gasteiger partial charge in [-0.15, -0.1) is 0 Å². The Morgan fingerprint density at radius 2 is 1.61 bits per heavy atom. The third-order valence-corrected chi connectivity index (χ3v) is 5.56.